The first-order valence-corrected chi connectivity index (χ1v) is 22.0. The lowest BCUT2D eigenvalue weighted by Gasteiger charge is -2.32. The topological polar surface area (TPSA) is 159 Å². The van der Waals surface area contributed by atoms with Gasteiger partial charge in [0.1, 0.15) is 0 Å². The summed E-state index contributed by atoms with van der Waals surface area (Å²) in [4.78, 5) is 16.1. The molecule has 0 spiro atoms. The molecule has 5 heterocycles. The SMILES string of the molecule is Cc1ccc(S(=O)(=O)OCCOCCOCCn2cc3c(-c4nc(N5CCOCC5)c5sc(CN6CCN(S(C)(=O)=O)CC6)cc5n4)cccc3n2)cc1. The molecule has 0 atom stereocenters. The van der Waals surface area contributed by atoms with Crippen LogP contribution in [0.4, 0.5) is 5.82 Å². The largest absolute Gasteiger partial charge is 0.378 e. The molecule has 18 heteroatoms. The number of benzene rings is 2. The minimum atomic E-state index is -3.82. The van der Waals surface area contributed by atoms with Gasteiger partial charge in [-0.2, -0.15) is 17.8 Å². The predicted octanol–water partition coefficient (Wildman–Crippen LogP) is 3.37. The van der Waals surface area contributed by atoms with E-state index < -0.39 is 20.1 Å². The zero-order valence-corrected chi connectivity index (χ0v) is 32.9. The number of hydrogen-bond acceptors (Lipinski definition) is 14. The highest BCUT2D eigenvalue weighted by atomic mass is 32.2. The molecule has 2 saturated heterocycles. The van der Waals surface area contributed by atoms with Crippen molar-refractivity contribution in [3.63, 3.8) is 0 Å². The first-order valence-electron chi connectivity index (χ1n) is 17.9. The molecule has 0 unspecified atom stereocenters. The number of sulfonamides is 1. The zero-order valence-electron chi connectivity index (χ0n) is 30.4. The smallest absolute Gasteiger partial charge is 0.297 e. The fourth-order valence-corrected chi connectivity index (χ4v) is 9.32. The molecule has 0 aliphatic carbocycles. The average molecular weight is 800 g/mol. The van der Waals surface area contributed by atoms with Gasteiger partial charge in [-0.15, -0.1) is 11.3 Å². The number of hydrogen-bond donors (Lipinski definition) is 0. The van der Waals surface area contributed by atoms with Crippen LogP contribution >= 0.6 is 11.3 Å². The molecule has 0 saturated carbocycles. The summed E-state index contributed by atoms with van der Waals surface area (Å²) in [5.74, 6) is 1.53. The van der Waals surface area contributed by atoms with E-state index in [2.05, 4.69) is 15.9 Å². The Labute approximate surface area is 319 Å². The van der Waals surface area contributed by atoms with E-state index in [1.165, 1.54) is 18.4 Å². The van der Waals surface area contributed by atoms with Crippen molar-refractivity contribution in [3.05, 3.63) is 65.2 Å². The van der Waals surface area contributed by atoms with Gasteiger partial charge in [0.2, 0.25) is 10.0 Å². The molecule has 3 aromatic heterocycles. The molecule has 2 fully saturated rings. The minimum Gasteiger partial charge on any atom is -0.378 e. The second-order valence-corrected chi connectivity index (χ2v) is 18.0. The van der Waals surface area contributed by atoms with Gasteiger partial charge in [-0.25, -0.2) is 18.4 Å². The summed E-state index contributed by atoms with van der Waals surface area (Å²) < 4.78 is 75.0. The normalized spacial score (nSPS) is 16.5. The highest BCUT2D eigenvalue weighted by molar-refractivity contribution is 7.88. The number of piperazine rings is 1. The van der Waals surface area contributed by atoms with Gasteiger partial charge in [-0.1, -0.05) is 29.8 Å². The molecule has 2 aliphatic heterocycles. The first kappa shape index (κ1) is 38.7. The maximum atomic E-state index is 12.3. The maximum absolute atomic E-state index is 12.3. The highest BCUT2D eigenvalue weighted by Gasteiger charge is 2.25. The number of aromatic nitrogens is 4. The van der Waals surface area contributed by atoms with Crippen LogP contribution in [0.1, 0.15) is 10.4 Å². The fraction of sp³-hybridized carbons (Fsp3) is 0.472. The quantitative estimate of drug-likeness (QED) is 0.106. The van der Waals surface area contributed by atoms with Crippen molar-refractivity contribution in [2.45, 2.75) is 24.9 Å². The van der Waals surface area contributed by atoms with E-state index in [0.29, 0.717) is 71.6 Å². The molecule has 0 amide bonds. The third-order valence-electron chi connectivity index (χ3n) is 9.35. The van der Waals surface area contributed by atoms with Crippen LogP contribution in [-0.4, -0.2) is 138 Å². The van der Waals surface area contributed by atoms with Crippen LogP contribution in [0.5, 0.6) is 0 Å². The Balaban J connectivity index is 0.971. The molecular formula is C36H45N7O8S3. The van der Waals surface area contributed by atoms with Crippen LogP contribution in [0, 0.1) is 6.92 Å². The predicted molar refractivity (Wildman–Crippen MR) is 207 cm³/mol. The Morgan fingerprint density at radius 1 is 0.833 bits per heavy atom. The number of morpholine rings is 1. The van der Waals surface area contributed by atoms with Crippen LogP contribution < -0.4 is 4.90 Å². The fourth-order valence-electron chi connectivity index (χ4n) is 6.45. The van der Waals surface area contributed by atoms with Crippen molar-refractivity contribution in [1.29, 1.82) is 0 Å². The van der Waals surface area contributed by atoms with E-state index in [4.69, 9.17) is 33.5 Å². The van der Waals surface area contributed by atoms with Crippen molar-refractivity contribution in [3.8, 4) is 11.4 Å². The number of fused-ring (bicyclic) bond motifs is 2. The van der Waals surface area contributed by atoms with Gasteiger partial charge >= 0.3 is 0 Å². The Hall–Kier alpha value is -3.59. The Kier molecular flexibility index (Phi) is 12.2. The van der Waals surface area contributed by atoms with Crippen LogP contribution in [-0.2, 0) is 51.6 Å². The molecule has 0 bridgehead atoms. The monoisotopic (exact) mass is 799 g/mol. The zero-order chi connectivity index (χ0) is 37.7. The molecular weight excluding hydrogens is 755 g/mol. The third-order valence-corrected chi connectivity index (χ3v) is 13.1. The number of anilines is 1. The molecule has 2 aromatic carbocycles. The summed E-state index contributed by atoms with van der Waals surface area (Å²) in [6.07, 6.45) is 3.26. The number of thiophene rings is 1. The lowest BCUT2D eigenvalue weighted by molar-refractivity contribution is 0.0341. The Morgan fingerprint density at radius 3 is 2.30 bits per heavy atom. The summed E-state index contributed by atoms with van der Waals surface area (Å²) in [6, 6.07) is 14.6. The molecule has 54 heavy (non-hydrogen) atoms. The summed E-state index contributed by atoms with van der Waals surface area (Å²) >= 11 is 1.70. The summed E-state index contributed by atoms with van der Waals surface area (Å²) in [6.45, 7) is 9.32. The van der Waals surface area contributed by atoms with Crippen molar-refractivity contribution in [1.82, 2.24) is 29.0 Å². The second-order valence-electron chi connectivity index (χ2n) is 13.3. The number of nitrogens with zero attached hydrogens (tertiary/aromatic N) is 7. The van der Waals surface area contributed by atoms with E-state index in [1.54, 1.807) is 27.8 Å². The van der Waals surface area contributed by atoms with Gasteiger partial charge in [0, 0.05) is 67.8 Å². The lowest BCUT2D eigenvalue weighted by Crippen LogP contribution is -2.47. The van der Waals surface area contributed by atoms with Crippen LogP contribution in [0.2, 0.25) is 0 Å². The summed E-state index contributed by atoms with van der Waals surface area (Å²) in [5.41, 5.74) is 3.57. The van der Waals surface area contributed by atoms with Crippen molar-refractivity contribution in [2.24, 2.45) is 0 Å². The van der Waals surface area contributed by atoms with Crippen molar-refractivity contribution < 1.29 is 35.2 Å². The van der Waals surface area contributed by atoms with Gasteiger partial charge < -0.3 is 19.1 Å². The molecule has 0 radical (unpaired) electrons. The molecule has 2 aliphatic rings. The van der Waals surface area contributed by atoms with Crippen LogP contribution in [0.15, 0.2) is 59.6 Å². The first-order chi connectivity index (χ1) is 26.0. The number of rotatable bonds is 16. The summed E-state index contributed by atoms with van der Waals surface area (Å²) in [5, 5.41) is 5.72. The second kappa shape index (κ2) is 17.1. The Morgan fingerprint density at radius 2 is 1.56 bits per heavy atom. The standard InChI is InChI=1S/C36H45N7O8S3/c1-27-6-8-29(9-7-27)54(46,47)51-23-22-50-21-20-49-19-16-42-26-31-30(4-3-5-32(31)39-42)35-37-33-24-28(25-40-10-12-43(13-11-40)53(2,44)45)52-34(33)36(38-35)41-14-17-48-18-15-41/h3-9,24,26H,10-23,25H2,1-2H3. The van der Waals surface area contributed by atoms with Gasteiger partial charge in [-0.05, 0) is 31.2 Å². The minimum absolute atomic E-state index is 0.0802. The van der Waals surface area contributed by atoms with E-state index in [1.807, 2.05) is 36.0 Å². The molecule has 7 rings (SSSR count). The Bertz CT molecular complexity index is 2270. The van der Waals surface area contributed by atoms with Gasteiger partial charge in [0.05, 0.1) is 79.7 Å². The molecule has 5 aromatic rings. The van der Waals surface area contributed by atoms with Gasteiger partial charge in [0.25, 0.3) is 10.1 Å². The van der Waals surface area contributed by atoms with Gasteiger partial charge in [0.15, 0.2) is 11.6 Å². The third kappa shape index (κ3) is 9.43. The van der Waals surface area contributed by atoms with Crippen LogP contribution in [0.3, 0.4) is 0 Å². The van der Waals surface area contributed by atoms with E-state index in [0.717, 1.165) is 62.6 Å². The maximum Gasteiger partial charge on any atom is 0.297 e. The summed E-state index contributed by atoms with van der Waals surface area (Å²) in [7, 11) is -7.01. The van der Waals surface area contributed by atoms with E-state index >= 15 is 0 Å². The van der Waals surface area contributed by atoms with Crippen LogP contribution in [0.25, 0.3) is 32.5 Å². The molecule has 290 valence electrons. The highest BCUT2D eigenvalue weighted by Crippen LogP contribution is 2.36. The average Bonchev–Trinajstić information content (AvgIpc) is 3.77. The number of ether oxygens (including phenoxy) is 3. The van der Waals surface area contributed by atoms with Gasteiger partial charge in [-0.3, -0.25) is 13.8 Å². The van der Waals surface area contributed by atoms with E-state index in [-0.39, 0.29) is 18.1 Å². The molecule has 0 N–H and O–H groups in total. The van der Waals surface area contributed by atoms with Crippen molar-refractivity contribution in [2.75, 3.05) is 96.7 Å². The lowest BCUT2D eigenvalue weighted by atomic mass is 10.1. The van der Waals surface area contributed by atoms with E-state index in [9.17, 15) is 16.8 Å². The molecule has 15 nitrogen and oxygen atoms in total. The number of aryl methyl sites for hydroxylation is 1. The van der Waals surface area contributed by atoms with Crippen molar-refractivity contribution >= 4 is 58.4 Å².